The van der Waals surface area contributed by atoms with Gasteiger partial charge < -0.3 is 15.3 Å². The van der Waals surface area contributed by atoms with Crippen molar-refractivity contribution in [3.63, 3.8) is 0 Å². The lowest BCUT2D eigenvalue weighted by Gasteiger charge is -2.32. The van der Waals surface area contributed by atoms with Crippen LogP contribution in [0.1, 0.15) is 55.0 Å². The molecule has 3 rings (SSSR count). The number of nitrogens with one attached hydrogen (secondary N) is 1. The van der Waals surface area contributed by atoms with Gasteiger partial charge in [0.1, 0.15) is 0 Å². The summed E-state index contributed by atoms with van der Waals surface area (Å²) in [5, 5.41) is 12.1. The van der Waals surface area contributed by atoms with Crippen LogP contribution < -0.4 is 5.32 Å². The third-order valence-electron chi connectivity index (χ3n) is 5.27. The largest absolute Gasteiger partial charge is 0.478 e. The van der Waals surface area contributed by atoms with Crippen molar-refractivity contribution in [1.82, 2.24) is 10.2 Å². The van der Waals surface area contributed by atoms with Crippen LogP contribution in [0, 0.1) is 13.8 Å². The van der Waals surface area contributed by atoms with E-state index in [0.717, 1.165) is 11.1 Å². The summed E-state index contributed by atoms with van der Waals surface area (Å²) in [6.45, 7) is 5.11. The van der Waals surface area contributed by atoms with Crippen molar-refractivity contribution in [2.75, 3.05) is 13.1 Å². The number of amides is 2. The number of hydrogen-bond acceptors (Lipinski definition) is 3. The number of hydrogen-bond donors (Lipinski definition) is 2. The third-order valence-corrected chi connectivity index (χ3v) is 5.27. The molecule has 1 saturated heterocycles. The van der Waals surface area contributed by atoms with E-state index in [-0.39, 0.29) is 23.1 Å². The van der Waals surface area contributed by atoms with E-state index in [1.807, 2.05) is 32.0 Å². The van der Waals surface area contributed by atoms with Crippen molar-refractivity contribution in [3.05, 3.63) is 70.3 Å². The number of aromatic carboxylic acids is 1. The number of carboxylic acids is 1. The highest BCUT2D eigenvalue weighted by atomic mass is 16.4. The van der Waals surface area contributed by atoms with E-state index in [1.54, 1.807) is 17.0 Å². The Labute approximate surface area is 164 Å². The molecule has 1 aliphatic heterocycles. The first-order valence-electron chi connectivity index (χ1n) is 9.36. The average Bonchev–Trinajstić information content (AvgIpc) is 2.70. The first-order valence-corrected chi connectivity index (χ1v) is 9.36. The molecular weight excluding hydrogens is 356 g/mol. The molecule has 2 amide bonds. The van der Waals surface area contributed by atoms with Gasteiger partial charge in [-0.3, -0.25) is 9.59 Å². The Bertz CT molecular complexity index is 915. The molecule has 0 aromatic heterocycles. The predicted octanol–water partition coefficient (Wildman–Crippen LogP) is 3.04. The highest BCUT2D eigenvalue weighted by Gasteiger charge is 2.26. The Balaban J connectivity index is 1.60. The second-order valence-electron chi connectivity index (χ2n) is 7.19. The SMILES string of the molecule is Cc1ccc(C(=O)N2CCC(NC(=O)c3ccccc3C(=O)O)CC2)cc1C. The van der Waals surface area contributed by atoms with Crippen molar-refractivity contribution in [2.45, 2.75) is 32.7 Å². The molecule has 0 saturated carbocycles. The van der Waals surface area contributed by atoms with Crippen molar-refractivity contribution >= 4 is 17.8 Å². The molecule has 0 atom stereocenters. The first-order chi connectivity index (χ1) is 13.4. The lowest BCUT2D eigenvalue weighted by molar-refractivity contribution is 0.0675. The van der Waals surface area contributed by atoms with E-state index in [2.05, 4.69) is 5.32 Å². The molecule has 1 aliphatic rings. The van der Waals surface area contributed by atoms with Gasteiger partial charge in [-0.2, -0.15) is 0 Å². The summed E-state index contributed by atoms with van der Waals surface area (Å²) in [5.74, 6) is -1.51. The summed E-state index contributed by atoms with van der Waals surface area (Å²) >= 11 is 0. The molecule has 1 heterocycles. The topological polar surface area (TPSA) is 86.7 Å². The van der Waals surface area contributed by atoms with Gasteiger partial charge >= 0.3 is 5.97 Å². The Morgan fingerprint density at radius 2 is 1.61 bits per heavy atom. The lowest BCUT2D eigenvalue weighted by atomic mass is 10.0. The molecule has 2 aromatic rings. The summed E-state index contributed by atoms with van der Waals surface area (Å²) < 4.78 is 0. The van der Waals surface area contributed by atoms with Crippen LogP contribution in [0.15, 0.2) is 42.5 Å². The van der Waals surface area contributed by atoms with E-state index in [0.29, 0.717) is 31.5 Å². The van der Waals surface area contributed by atoms with Crippen LogP contribution in [0.4, 0.5) is 0 Å². The van der Waals surface area contributed by atoms with Gasteiger partial charge in [0.15, 0.2) is 0 Å². The Morgan fingerprint density at radius 3 is 2.21 bits per heavy atom. The van der Waals surface area contributed by atoms with E-state index in [9.17, 15) is 19.5 Å². The fourth-order valence-corrected chi connectivity index (χ4v) is 3.41. The zero-order valence-corrected chi connectivity index (χ0v) is 16.1. The van der Waals surface area contributed by atoms with Crippen LogP contribution in [0.3, 0.4) is 0 Å². The fraction of sp³-hybridized carbons (Fsp3) is 0.318. The predicted molar refractivity (Wildman–Crippen MR) is 106 cm³/mol. The van der Waals surface area contributed by atoms with E-state index >= 15 is 0 Å². The monoisotopic (exact) mass is 380 g/mol. The maximum atomic E-state index is 12.7. The van der Waals surface area contributed by atoms with Crippen molar-refractivity contribution in [2.24, 2.45) is 0 Å². The second-order valence-corrected chi connectivity index (χ2v) is 7.19. The average molecular weight is 380 g/mol. The Morgan fingerprint density at radius 1 is 0.964 bits per heavy atom. The molecule has 0 spiro atoms. The molecule has 28 heavy (non-hydrogen) atoms. The van der Waals surface area contributed by atoms with E-state index in [4.69, 9.17) is 0 Å². The van der Waals surface area contributed by atoms with Crippen LogP contribution in [0.5, 0.6) is 0 Å². The Hall–Kier alpha value is -3.15. The zero-order valence-electron chi connectivity index (χ0n) is 16.1. The van der Waals surface area contributed by atoms with Gasteiger partial charge in [-0.1, -0.05) is 18.2 Å². The summed E-state index contributed by atoms with van der Waals surface area (Å²) in [7, 11) is 0. The fourth-order valence-electron chi connectivity index (χ4n) is 3.41. The number of carbonyl (C=O) groups is 3. The first kappa shape index (κ1) is 19.6. The van der Waals surface area contributed by atoms with Gasteiger partial charge in [0, 0.05) is 24.7 Å². The van der Waals surface area contributed by atoms with E-state index < -0.39 is 11.9 Å². The molecule has 2 N–H and O–H groups in total. The highest BCUT2D eigenvalue weighted by molar-refractivity contribution is 6.04. The third kappa shape index (κ3) is 4.22. The number of nitrogens with zero attached hydrogens (tertiary/aromatic N) is 1. The molecule has 146 valence electrons. The summed E-state index contributed by atoms with van der Waals surface area (Å²) in [5.41, 5.74) is 3.07. The lowest BCUT2D eigenvalue weighted by Crippen LogP contribution is -2.46. The standard InChI is InChI=1S/C22H24N2O4/c1-14-7-8-16(13-15(14)2)21(26)24-11-9-17(10-12-24)23-20(25)18-5-3-4-6-19(18)22(27)28/h3-8,13,17H,9-12H2,1-2H3,(H,23,25)(H,27,28). The highest BCUT2D eigenvalue weighted by Crippen LogP contribution is 2.17. The zero-order chi connectivity index (χ0) is 20.3. The molecule has 0 bridgehead atoms. The normalized spacial score (nSPS) is 14.6. The minimum absolute atomic E-state index is 0.00380. The number of likely N-dealkylation sites (tertiary alicyclic amines) is 1. The second kappa shape index (κ2) is 8.25. The van der Waals surface area contributed by atoms with Gasteiger partial charge in [-0.25, -0.2) is 4.79 Å². The Kier molecular flexibility index (Phi) is 5.78. The van der Waals surface area contributed by atoms with Crippen LogP contribution in [-0.2, 0) is 0 Å². The molecular formula is C22H24N2O4. The van der Waals surface area contributed by atoms with E-state index in [1.165, 1.54) is 12.1 Å². The van der Waals surface area contributed by atoms with Gasteiger partial charge in [-0.15, -0.1) is 0 Å². The molecule has 6 nitrogen and oxygen atoms in total. The minimum Gasteiger partial charge on any atom is -0.478 e. The number of rotatable bonds is 4. The van der Waals surface area contributed by atoms with Crippen LogP contribution in [0.25, 0.3) is 0 Å². The number of piperidine rings is 1. The molecule has 0 aliphatic carbocycles. The van der Waals surface area contributed by atoms with Gasteiger partial charge in [-0.05, 0) is 62.1 Å². The molecule has 0 unspecified atom stereocenters. The van der Waals surface area contributed by atoms with Crippen molar-refractivity contribution in [1.29, 1.82) is 0 Å². The molecule has 6 heteroatoms. The van der Waals surface area contributed by atoms with Gasteiger partial charge in [0.2, 0.25) is 0 Å². The van der Waals surface area contributed by atoms with Crippen molar-refractivity contribution in [3.8, 4) is 0 Å². The van der Waals surface area contributed by atoms with Crippen LogP contribution >= 0.6 is 0 Å². The van der Waals surface area contributed by atoms with Gasteiger partial charge in [0.05, 0.1) is 11.1 Å². The van der Waals surface area contributed by atoms with Gasteiger partial charge in [0.25, 0.3) is 11.8 Å². The van der Waals surface area contributed by atoms with Crippen LogP contribution in [-0.4, -0.2) is 46.9 Å². The number of aryl methyl sites for hydroxylation is 2. The number of carbonyl (C=O) groups excluding carboxylic acids is 2. The quantitative estimate of drug-likeness (QED) is 0.854. The summed E-state index contributed by atoms with van der Waals surface area (Å²) in [6.07, 6.45) is 1.27. The smallest absolute Gasteiger partial charge is 0.336 e. The molecule has 0 radical (unpaired) electrons. The molecule has 2 aromatic carbocycles. The summed E-state index contributed by atoms with van der Waals surface area (Å²) in [4.78, 5) is 38.3. The maximum absolute atomic E-state index is 12.7. The maximum Gasteiger partial charge on any atom is 0.336 e. The van der Waals surface area contributed by atoms with Crippen molar-refractivity contribution < 1.29 is 19.5 Å². The summed E-state index contributed by atoms with van der Waals surface area (Å²) in [6, 6.07) is 11.8. The minimum atomic E-state index is -1.13. The molecule has 1 fully saturated rings. The number of carboxylic acid groups (broad SMARTS) is 1. The number of benzene rings is 2. The van der Waals surface area contributed by atoms with Crippen LogP contribution in [0.2, 0.25) is 0 Å².